The molecule has 138 valence electrons. The number of carboxylic acid groups (broad SMARTS) is 1. The number of benzene rings is 1. The number of hydrogen-bond donors (Lipinski definition) is 3. The van der Waals surface area contributed by atoms with E-state index in [0.29, 0.717) is 18.0 Å². The van der Waals surface area contributed by atoms with Gasteiger partial charge in [-0.05, 0) is 42.7 Å². The number of aromatic nitrogens is 1. The number of aliphatic hydroxyl groups is 1. The highest BCUT2D eigenvalue weighted by molar-refractivity contribution is 5.93. The second kappa shape index (κ2) is 7.21. The van der Waals surface area contributed by atoms with Crippen LogP contribution in [-0.2, 0) is 11.2 Å². The van der Waals surface area contributed by atoms with Crippen LogP contribution in [0.3, 0.4) is 0 Å². The van der Waals surface area contributed by atoms with Crippen molar-refractivity contribution in [3.8, 4) is 5.75 Å². The van der Waals surface area contributed by atoms with Gasteiger partial charge in [-0.2, -0.15) is 0 Å². The van der Waals surface area contributed by atoms with Crippen LogP contribution in [0.1, 0.15) is 22.5 Å². The number of nitrogens with zero attached hydrogens (tertiary/aromatic N) is 1. The van der Waals surface area contributed by atoms with Crippen molar-refractivity contribution in [2.24, 2.45) is 5.41 Å². The molecule has 0 bridgehead atoms. The second-order valence-corrected chi connectivity index (χ2v) is 6.60. The molecule has 0 aliphatic carbocycles. The maximum Gasteiger partial charge on any atom is 0.314 e. The highest BCUT2D eigenvalue weighted by Gasteiger charge is 2.50. The van der Waals surface area contributed by atoms with Crippen LogP contribution in [0.15, 0.2) is 42.6 Å². The molecule has 7 heteroatoms. The molecule has 1 aromatic carbocycles. The maximum absolute atomic E-state index is 12.6. The summed E-state index contributed by atoms with van der Waals surface area (Å²) in [4.78, 5) is 29.1. The maximum atomic E-state index is 12.6. The van der Waals surface area contributed by atoms with E-state index in [9.17, 15) is 19.8 Å². The number of carbonyl (C=O) groups excluding carboxylic acids is 1. The number of aliphatic hydroxyl groups excluding tert-OH is 1. The number of aromatic amines is 1. The van der Waals surface area contributed by atoms with Gasteiger partial charge in [0.05, 0.1) is 13.2 Å². The average molecular weight is 358 g/mol. The minimum absolute atomic E-state index is 0.0570. The van der Waals surface area contributed by atoms with Crippen LogP contribution in [0.4, 0.5) is 0 Å². The number of hydrogen-bond acceptors (Lipinski definition) is 4. The van der Waals surface area contributed by atoms with Gasteiger partial charge in [0, 0.05) is 19.3 Å². The number of likely N-dealkylation sites (tertiary alicyclic amines) is 1. The van der Waals surface area contributed by atoms with E-state index < -0.39 is 17.5 Å². The molecule has 3 rings (SSSR count). The minimum Gasteiger partial charge on any atom is -0.497 e. The molecule has 1 aliphatic heterocycles. The van der Waals surface area contributed by atoms with Crippen molar-refractivity contribution in [2.75, 3.05) is 20.2 Å². The summed E-state index contributed by atoms with van der Waals surface area (Å²) in [5.41, 5.74) is -0.325. The van der Waals surface area contributed by atoms with Crippen molar-refractivity contribution in [3.05, 3.63) is 53.9 Å². The van der Waals surface area contributed by atoms with Gasteiger partial charge in [-0.15, -0.1) is 0 Å². The molecule has 1 aliphatic rings. The van der Waals surface area contributed by atoms with E-state index in [4.69, 9.17) is 4.74 Å². The third-order valence-corrected chi connectivity index (χ3v) is 4.98. The molecule has 1 saturated heterocycles. The first kappa shape index (κ1) is 18.0. The topological polar surface area (TPSA) is 103 Å². The first-order valence-electron chi connectivity index (χ1n) is 8.43. The van der Waals surface area contributed by atoms with E-state index in [1.165, 1.54) is 12.0 Å². The first-order valence-corrected chi connectivity index (χ1v) is 8.43. The molecule has 2 aromatic rings. The van der Waals surface area contributed by atoms with Gasteiger partial charge in [-0.25, -0.2) is 0 Å². The van der Waals surface area contributed by atoms with E-state index in [1.54, 1.807) is 42.6 Å². The summed E-state index contributed by atoms with van der Waals surface area (Å²) in [6, 6.07) is 10.5. The SMILES string of the molecule is COc1cccc(C[C@@]2(C(=O)O)CN(C(=O)c3ccc[nH]3)CC[C@@H]2O)c1. The quantitative estimate of drug-likeness (QED) is 0.752. The Balaban J connectivity index is 1.89. The Kier molecular flexibility index (Phi) is 4.99. The molecule has 0 saturated carbocycles. The zero-order valence-electron chi connectivity index (χ0n) is 14.5. The lowest BCUT2D eigenvalue weighted by Crippen LogP contribution is -2.58. The summed E-state index contributed by atoms with van der Waals surface area (Å²) >= 11 is 0. The highest BCUT2D eigenvalue weighted by Crippen LogP contribution is 2.35. The molecule has 0 radical (unpaired) electrons. The Morgan fingerprint density at radius 1 is 1.35 bits per heavy atom. The van der Waals surface area contributed by atoms with Gasteiger partial charge in [0.25, 0.3) is 5.91 Å². The molecule has 3 N–H and O–H groups in total. The number of H-pyrrole nitrogens is 1. The van der Waals surface area contributed by atoms with E-state index >= 15 is 0 Å². The molecule has 26 heavy (non-hydrogen) atoms. The number of piperidine rings is 1. The van der Waals surface area contributed by atoms with Gasteiger partial charge >= 0.3 is 5.97 Å². The van der Waals surface area contributed by atoms with Crippen LogP contribution >= 0.6 is 0 Å². The van der Waals surface area contributed by atoms with E-state index in [1.807, 2.05) is 0 Å². The van der Waals surface area contributed by atoms with Gasteiger partial charge < -0.3 is 24.8 Å². The van der Waals surface area contributed by atoms with Crippen LogP contribution in [0.2, 0.25) is 0 Å². The molecule has 7 nitrogen and oxygen atoms in total. The van der Waals surface area contributed by atoms with Crippen molar-refractivity contribution in [1.82, 2.24) is 9.88 Å². The molecule has 1 aromatic heterocycles. The number of amides is 1. The van der Waals surface area contributed by atoms with Crippen molar-refractivity contribution >= 4 is 11.9 Å². The standard InChI is InChI=1S/C19H22N2O5/c1-26-14-5-2-4-13(10-14)11-19(18(24)25)12-21(9-7-16(19)22)17(23)15-6-3-8-20-15/h2-6,8,10,16,20,22H,7,9,11-12H2,1H3,(H,24,25)/t16-,19+/m0/s1. The van der Waals surface area contributed by atoms with Crippen LogP contribution in [0.5, 0.6) is 5.75 Å². The predicted octanol–water partition coefficient (Wildman–Crippen LogP) is 1.54. The van der Waals surface area contributed by atoms with Gasteiger partial charge in [0.1, 0.15) is 16.9 Å². The van der Waals surface area contributed by atoms with Crippen molar-refractivity contribution in [1.29, 1.82) is 0 Å². The number of carbonyl (C=O) groups is 2. The fraction of sp³-hybridized carbons (Fsp3) is 0.368. The summed E-state index contributed by atoms with van der Waals surface area (Å²) in [7, 11) is 1.54. The lowest BCUT2D eigenvalue weighted by Gasteiger charge is -2.43. The molecular formula is C19H22N2O5. The largest absolute Gasteiger partial charge is 0.497 e. The summed E-state index contributed by atoms with van der Waals surface area (Å²) in [6.45, 7) is 0.255. The third-order valence-electron chi connectivity index (χ3n) is 4.98. The fourth-order valence-electron chi connectivity index (χ4n) is 3.49. The molecule has 0 unspecified atom stereocenters. The number of aliphatic carboxylic acids is 1. The number of nitrogens with one attached hydrogen (secondary N) is 1. The molecule has 0 spiro atoms. The molecule has 1 fully saturated rings. The second-order valence-electron chi connectivity index (χ2n) is 6.60. The molecule has 2 heterocycles. The van der Waals surface area contributed by atoms with Crippen LogP contribution < -0.4 is 4.74 Å². The predicted molar refractivity (Wildman–Crippen MR) is 94.1 cm³/mol. The average Bonchev–Trinajstić information content (AvgIpc) is 3.17. The molecule has 2 atom stereocenters. The zero-order valence-corrected chi connectivity index (χ0v) is 14.5. The summed E-state index contributed by atoms with van der Waals surface area (Å²) < 4.78 is 5.19. The minimum atomic E-state index is -1.47. The number of rotatable bonds is 5. The summed E-state index contributed by atoms with van der Waals surface area (Å²) in [5.74, 6) is -0.761. The Hall–Kier alpha value is -2.80. The van der Waals surface area contributed by atoms with Crippen LogP contribution in [0, 0.1) is 5.41 Å². The molecule has 1 amide bonds. The highest BCUT2D eigenvalue weighted by atomic mass is 16.5. The lowest BCUT2D eigenvalue weighted by molar-refractivity contribution is -0.161. The number of carboxylic acids is 1. The third kappa shape index (κ3) is 3.30. The number of ether oxygens (including phenoxy) is 1. The monoisotopic (exact) mass is 358 g/mol. The van der Waals surface area contributed by atoms with Gasteiger partial charge in [-0.3, -0.25) is 9.59 Å². The Morgan fingerprint density at radius 3 is 2.81 bits per heavy atom. The normalized spacial score (nSPS) is 22.8. The first-order chi connectivity index (χ1) is 12.5. The zero-order chi connectivity index (χ0) is 18.7. The van der Waals surface area contributed by atoms with E-state index in [2.05, 4.69) is 4.98 Å². The summed E-state index contributed by atoms with van der Waals surface area (Å²) in [5, 5.41) is 20.5. The Labute approximate surface area is 151 Å². The van der Waals surface area contributed by atoms with Gasteiger partial charge in [-0.1, -0.05) is 12.1 Å². The van der Waals surface area contributed by atoms with E-state index in [0.717, 1.165) is 5.56 Å². The Morgan fingerprint density at radius 2 is 2.15 bits per heavy atom. The fourth-order valence-corrected chi connectivity index (χ4v) is 3.49. The summed E-state index contributed by atoms with van der Waals surface area (Å²) in [6.07, 6.45) is 0.920. The van der Waals surface area contributed by atoms with E-state index in [-0.39, 0.29) is 25.3 Å². The van der Waals surface area contributed by atoms with Crippen LogP contribution in [-0.4, -0.2) is 58.3 Å². The molecular weight excluding hydrogens is 336 g/mol. The van der Waals surface area contributed by atoms with Crippen molar-refractivity contribution in [2.45, 2.75) is 18.9 Å². The van der Waals surface area contributed by atoms with Gasteiger partial charge in [0.15, 0.2) is 0 Å². The lowest BCUT2D eigenvalue weighted by atomic mass is 9.72. The van der Waals surface area contributed by atoms with Crippen LogP contribution in [0.25, 0.3) is 0 Å². The Bertz CT molecular complexity index is 789. The van der Waals surface area contributed by atoms with Gasteiger partial charge in [0.2, 0.25) is 0 Å². The smallest absolute Gasteiger partial charge is 0.314 e. The number of methoxy groups -OCH3 is 1. The van der Waals surface area contributed by atoms with Crippen molar-refractivity contribution in [3.63, 3.8) is 0 Å². The van der Waals surface area contributed by atoms with Crippen molar-refractivity contribution < 1.29 is 24.5 Å².